The molecule has 0 radical (unpaired) electrons. The predicted octanol–water partition coefficient (Wildman–Crippen LogP) is 1.44. The lowest BCUT2D eigenvalue weighted by atomic mass is 9.70. The van der Waals surface area contributed by atoms with Crippen LogP contribution in [0.3, 0.4) is 0 Å². The Morgan fingerprint density at radius 3 is 2.07 bits per heavy atom. The van der Waals surface area contributed by atoms with E-state index in [4.69, 9.17) is 10.5 Å². The first-order valence-electron chi connectivity index (χ1n) is 4.83. The molecule has 0 atom stereocenters. The van der Waals surface area contributed by atoms with Crippen LogP contribution < -0.4 is 0 Å². The lowest BCUT2D eigenvalue weighted by Gasteiger charge is -2.43. The van der Waals surface area contributed by atoms with Gasteiger partial charge in [0.2, 0.25) is 0 Å². The highest BCUT2D eigenvalue weighted by molar-refractivity contribution is 7.80. The molecular formula is C10H15N3S. The summed E-state index contributed by atoms with van der Waals surface area (Å²) in [6.45, 7) is 1.55. The zero-order chi connectivity index (χ0) is 10.4. The molecule has 0 aromatic heterocycles. The summed E-state index contributed by atoms with van der Waals surface area (Å²) in [6, 6.07) is 4.19. The van der Waals surface area contributed by atoms with E-state index < -0.39 is 0 Å². The summed E-state index contributed by atoms with van der Waals surface area (Å²) in [5.74, 6) is 0.861. The zero-order valence-electron chi connectivity index (χ0n) is 8.24. The van der Waals surface area contributed by atoms with Crippen molar-refractivity contribution in [2.45, 2.75) is 19.3 Å². The Balaban J connectivity index is 2.46. The fraction of sp³-hybridized carbons (Fsp3) is 0.800. The van der Waals surface area contributed by atoms with Crippen molar-refractivity contribution in [1.29, 1.82) is 10.5 Å². The molecule has 1 aliphatic carbocycles. The molecule has 0 heterocycles. The largest absolute Gasteiger partial charge is 0.277 e. The highest BCUT2D eigenvalue weighted by atomic mass is 32.1. The monoisotopic (exact) mass is 209 g/mol. The Morgan fingerprint density at radius 2 is 1.79 bits per heavy atom. The topological polar surface area (TPSA) is 50.8 Å². The molecule has 1 rings (SSSR count). The van der Waals surface area contributed by atoms with Crippen LogP contribution in [0.25, 0.3) is 0 Å². The van der Waals surface area contributed by atoms with Gasteiger partial charge in [-0.1, -0.05) is 6.42 Å². The highest BCUT2D eigenvalue weighted by Crippen LogP contribution is 2.42. The maximum Gasteiger partial charge on any atom is 0.0874 e. The van der Waals surface area contributed by atoms with E-state index in [1.807, 2.05) is 4.90 Å². The Bertz CT molecular complexity index is 238. The van der Waals surface area contributed by atoms with Crippen LogP contribution in [0.4, 0.5) is 0 Å². The summed E-state index contributed by atoms with van der Waals surface area (Å²) in [4.78, 5) is 1.91. The molecule has 14 heavy (non-hydrogen) atoms. The maximum atomic E-state index is 8.60. The summed E-state index contributed by atoms with van der Waals surface area (Å²) in [7, 11) is 0. The van der Waals surface area contributed by atoms with Gasteiger partial charge in [0, 0.05) is 6.54 Å². The Labute approximate surface area is 90.7 Å². The van der Waals surface area contributed by atoms with Gasteiger partial charge in [-0.05, 0) is 24.0 Å². The van der Waals surface area contributed by atoms with E-state index in [0.717, 1.165) is 12.3 Å². The third-order valence-corrected chi connectivity index (χ3v) is 3.57. The Hall–Kier alpha value is -0.710. The molecule has 1 fully saturated rings. The normalized spacial score (nSPS) is 18.3. The molecule has 76 valence electrons. The molecule has 0 aliphatic heterocycles. The minimum Gasteiger partial charge on any atom is -0.277 e. The van der Waals surface area contributed by atoms with Gasteiger partial charge in [-0.25, -0.2) is 0 Å². The maximum absolute atomic E-state index is 8.60. The second kappa shape index (κ2) is 5.24. The molecule has 0 spiro atoms. The highest BCUT2D eigenvalue weighted by Gasteiger charge is 2.36. The summed E-state index contributed by atoms with van der Waals surface area (Å²) in [5, 5.41) is 17.2. The average molecular weight is 209 g/mol. The Morgan fingerprint density at radius 1 is 1.21 bits per heavy atom. The molecule has 1 saturated carbocycles. The van der Waals surface area contributed by atoms with Gasteiger partial charge in [0.25, 0.3) is 0 Å². The van der Waals surface area contributed by atoms with Gasteiger partial charge < -0.3 is 0 Å². The predicted molar refractivity (Wildman–Crippen MR) is 57.8 cm³/mol. The van der Waals surface area contributed by atoms with E-state index >= 15 is 0 Å². The number of thiol groups is 1. The molecule has 0 amide bonds. The van der Waals surface area contributed by atoms with Crippen LogP contribution in [-0.4, -0.2) is 30.3 Å². The first-order valence-corrected chi connectivity index (χ1v) is 5.47. The van der Waals surface area contributed by atoms with Crippen LogP contribution in [0.2, 0.25) is 0 Å². The van der Waals surface area contributed by atoms with Crippen molar-refractivity contribution in [3.63, 3.8) is 0 Å². The molecule has 1 aliphatic rings. The molecular weight excluding hydrogens is 194 g/mol. The number of nitrogens with zero attached hydrogens (tertiary/aromatic N) is 3. The molecule has 3 nitrogen and oxygen atoms in total. The van der Waals surface area contributed by atoms with E-state index in [2.05, 4.69) is 24.8 Å². The van der Waals surface area contributed by atoms with Crippen LogP contribution in [0, 0.1) is 28.1 Å². The molecule has 0 aromatic rings. The number of nitriles is 2. The van der Waals surface area contributed by atoms with Crippen molar-refractivity contribution >= 4 is 12.6 Å². The van der Waals surface area contributed by atoms with Gasteiger partial charge in [-0.2, -0.15) is 23.2 Å². The molecule has 0 unspecified atom stereocenters. The molecule has 0 saturated heterocycles. The summed E-state index contributed by atoms with van der Waals surface area (Å²) in [6.07, 6.45) is 3.63. The summed E-state index contributed by atoms with van der Waals surface area (Å²) in [5.41, 5.74) is 0.275. The SMILES string of the molecule is N#CCN(CC#N)CC1(CS)CCC1. The minimum absolute atomic E-state index is 0.275. The number of rotatable bonds is 5. The standard InChI is InChI=1S/C10H15N3S/c11-4-6-13(7-5-12)8-10(9-14)2-1-3-10/h14H,1-3,6-9H2. The van der Waals surface area contributed by atoms with Crippen molar-refractivity contribution in [1.82, 2.24) is 4.90 Å². The number of hydrogen-bond acceptors (Lipinski definition) is 4. The van der Waals surface area contributed by atoms with Gasteiger partial charge >= 0.3 is 0 Å². The van der Waals surface area contributed by atoms with Crippen molar-refractivity contribution in [3.05, 3.63) is 0 Å². The van der Waals surface area contributed by atoms with Crippen LogP contribution in [0.5, 0.6) is 0 Å². The lowest BCUT2D eigenvalue weighted by molar-refractivity contribution is 0.105. The van der Waals surface area contributed by atoms with Crippen molar-refractivity contribution in [2.24, 2.45) is 5.41 Å². The van der Waals surface area contributed by atoms with E-state index in [1.165, 1.54) is 19.3 Å². The van der Waals surface area contributed by atoms with E-state index in [-0.39, 0.29) is 5.41 Å². The third kappa shape index (κ3) is 2.64. The summed E-state index contributed by atoms with van der Waals surface area (Å²) < 4.78 is 0. The quantitative estimate of drug-likeness (QED) is 0.550. The second-order valence-electron chi connectivity index (χ2n) is 3.97. The van der Waals surface area contributed by atoms with Gasteiger partial charge in [0.05, 0.1) is 25.2 Å². The summed E-state index contributed by atoms with van der Waals surface area (Å²) >= 11 is 4.35. The van der Waals surface area contributed by atoms with E-state index in [1.54, 1.807) is 0 Å². The minimum atomic E-state index is 0.275. The van der Waals surface area contributed by atoms with Crippen LogP contribution >= 0.6 is 12.6 Å². The molecule has 0 aromatic carbocycles. The Kier molecular flexibility index (Phi) is 4.25. The fourth-order valence-electron chi connectivity index (χ4n) is 1.89. The number of hydrogen-bond donors (Lipinski definition) is 1. The van der Waals surface area contributed by atoms with Crippen LogP contribution in [-0.2, 0) is 0 Å². The fourth-order valence-corrected chi connectivity index (χ4v) is 2.30. The first kappa shape index (κ1) is 11.4. The third-order valence-electron chi connectivity index (χ3n) is 2.90. The smallest absolute Gasteiger partial charge is 0.0874 e. The van der Waals surface area contributed by atoms with Crippen molar-refractivity contribution in [2.75, 3.05) is 25.4 Å². The van der Waals surface area contributed by atoms with Crippen molar-refractivity contribution < 1.29 is 0 Å². The zero-order valence-corrected chi connectivity index (χ0v) is 9.13. The second-order valence-corrected chi connectivity index (χ2v) is 4.29. The van der Waals surface area contributed by atoms with Gasteiger partial charge in [0.1, 0.15) is 0 Å². The lowest BCUT2D eigenvalue weighted by Crippen LogP contribution is -2.44. The van der Waals surface area contributed by atoms with Crippen LogP contribution in [0.15, 0.2) is 0 Å². The first-order chi connectivity index (χ1) is 6.76. The van der Waals surface area contributed by atoms with E-state index in [0.29, 0.717) is 13.1 Å². The molecule has 0 bridgehead atoms. The van der Waals surface area contributed by atoms with Gasteiger partial charge in [-0.15, -0.1) is 0 Å². The van der Waals surface area contributed by atoms with E-state index in [9.17, 15) is 0 Å². The van der Waals surface area contributed by atoms with Gasteiger partial charge in [0.15, 0.2) is 0 Å². The van der Waals surface area contributed by atoms with Crippen LogP contribution in [0.1, 0.15) is 19.3 Å². The molecule has 0 N–H and O–H groups in total. The van der Waals surface area contributed by atoms with Crippen molar-refractivity contribution in [3.8, 4) is 12.1 Å². The van der Waals surface area contributed by atoms with Gasteiger partial charge in [-0.3, -0.25) is 4.90 Å². The average Bonchev–Trinajstić information content (AvgIpc) is 2.12. The molecule has 4 heteroatoms.